The number of hydrogen-bond acceptors (Lipinski definition) is 4. The summed E-state index contributed by atoms with van der Waals surface area (Å²) < 4.78 is 44.8. The molecule has 0 radical (unpaired) electrons. The van der Waals surface area contributed by atoms with Crippen LogP contribution in [0, 0.1) is 0 Å². The first kappa shape index (κ1) is 27.2. The minimum Gasteiger partial charge on any atom is -0.392 e. The van der Waals surface area contributed by atoms with Crippen molar-refractivity contribution in [1.82, 2.24) is 14.5 Å². The van der Waals surface area contributed by atoms with Gasteiger partial charge in [0.2, 0.25) is 0 Å². The molecule has 0 bridgehead atoms. The first-order chi connectivity index (χ1) is 18.1. The maximum absolute atomic E-state index is 14.4. The molecular formula is C30H38F3N3O2. The highest BCUT2D eigenvalue weighted by Crippen LogP contribution is 2.47. The number of aliphatic hydroxyl groups is 2. The predicted molar refractivity (Wildman–Crippen MR) is 142 cm³/mol. The van der Waals surface area contributed by atoms with Gasteiger partial charge in [-0.15, -0.1) is 0 Å². The Morgan fingerprint density at radius 1 is 1.05 bits per heavy atom. The van der Waals surface area contributed by atoms with E-state index in [1.165, 1.54) is 17.5 Å². The fourth-order valence-electron chi connectivity index (χ4n) is 6.95. The van der Waals surface area contributed by atoms with Crippen LogP contribution in [-0.2, 0) is 24.4 Å². The number of benzene rings is 2. The van der Waals surface area contributed by atoms with Crippen molar-refractivity contribution in [3.8, 4) is 0 Å². The Labute approximate surface area is 222 Å². The lowest BCUT2D eigenvalue weighted by Crippen LogP contribution is -2.47. The van der Waals surface area contributed by atoms with Gasteiger partial charge in [0, 0.05) is 18.0 Å². The van der Waals surface area contributed by atoms with Gasteiger partial charge in [0.05, 0.1) is 34.6 Å². The Balaban J connectivity index is 0.00000144. The molecule has 2 aromatic carbocycles. The molecule has 1 aromatic heterocycles. The SMILES string of the molecule is CC.CC1(O)CC(n2cnc3ccc(CCN4CCC5(CC4)c4ccccc4CC5O)c(C(F)(F)F)c32)C1. The molecule has 2 fully saturated rings. The summed E-state index contributed by atoms with van der Waals surface area (Å²) in [4.78, 5) is 6.47. The number of nitrogens with zero attached hydrogens (tertiary/aromatic N) is 3. The third kappa shape index (κ3) is 4.65. The van der Waals surface area contributed by atoms with Crippen LogP contribution in [0.5, 0.6) is 0 Å². The summed E-state index contributed by atoms with van der Waals surface area (Å²) >= 11 is 0. The molecule has 1 spiro atoms. The van der Waals surface area contributed by atoms with Crippen LogP contribution < -0.4 is 0 Å². The number of rotatable bonds is 4. The van der Waals surface area contributed by atoms with E-state index < -0.39 is 23.4 Å². The summed E-state index contributed by atoms with van der Waals surface area (Å²) in [5, 5.41) is 21.0. The van der Waals surface area contributed by atoms with E-state index in [2.05, 4.69) is 22.0 Å². The van der Waals surface area contributed by atoms with Crippen LogP contribution >= 0.6 is 0 Å². The lowest BCUT2D eigenvalue weighted by molar-refractivity contribution is -0.137. The van der Waals surface area contributed by atoms with Gasteiger partial charge in [0.15, 0.2) is 0 Å². The lowest BCUT2D eigenvalue weighted by atomic mass is 9.72. The van der Waals surface area contributed by atoms with Gasteiger partial charge < -0.3 is 19.7 Å². The Hall–Kier alpha value is -2.42. The highest BCUT2D eigenvalue weighted by Gasteiger charge is 2.47. The summed E-state index contributed by atoms with van der Waals surface area (Å²) in [5.74, 6) is 0. The zero-order valence-electron chi connectivity index (χ0n) is 22.4. The fraction of sp³-hybridized carbons (Fsp3) is 0.567. The zero-order valence-corrected chi connectivity index (χ0v) is 22.4. The van der Waals surface area contributed by atoms with Crippen LogP contribution in [0.1, 0.15) is 74.8 Å². The minimum absolute atomic E-state index is 0.129. The molecule has 8 heteroatoms. The van der Waals surface area contributed by atoms with Crippen LogP contribution in [0.3, 0.4) is 0 Å². The van der Waals surface area contributed by atoms with Gasteiger partial charge in [0.1, 0.15) is 0 Å². The maximum Gasteiger partial charge on any atom is 0.418 e. The lowest BCUT2D eigenvalue weighted by Gasteiger charge is -2.42. The number of likely N-dealkylation sites (tertiary alicyclic amines) is 1. The summed E-state index contributed by atoms with van der Waals surface area (Å²) in [5.41, 5.74) is 1.54. The van der Waals surface area contributed by atoms with E-state index in [1.807, 2.05) is 26.0 Å². The number of aromatic nitrogens is 2. The second-order valence-electron chi connectivity index (χ2n) is 11.3. The van der Waals surface area contributed by atoms with Gasteiger partial charge in [-0.05, 0) is 81.3 Å². The van der Waals surface area contributed by atoms with Crippen molar-refractivity contribution in [2.45, 2.75) is 88.6 Å². The maximum atomic E-state index is 14.4. The fourth-order valence-corrected chi connectivity index (χ4v) is 6.95. The summed E-state index contributed by atoms with van der Waals surface area (Å²) in [6.45, 7) is 7.76. The molecule has 3 aromatic rings. The number of aliphatic hydroxyl groups excluding tert-OH is 1. The van der Waals surface area contributed by atoms with Gasteiger partial charge >= 0.3 is 6.18 Å². The van der Waals surface area contributed by atoms with E-state index in [1.54, 1.807) is 23.6 Å². The summed E-state index contributed by atoms with van der Waals surface area (Å²) in [6.07, 6.45) is 0.0225. The molecule has 206 valence electrons. The number of hydrogen-bond donors (Lipinski definition) is 2. The van der Waals surface area contributed by atoms with E-state index in [0.29, 0.717) is 37.7 Å². The van der Waals surface area contributed by atoms with Gasteiger partial charge in [-0.1, -0.05) is 44.2 Å². The predicted octanol–water partition coefficient (Wildman–Crippen LogP) is 5.66. The van der Waals surface area contributed by atoms with E-state index in [-0.39, 0.29) is 22.5 Å². The molecule has 6 rings (SSSR count). The average Bonchev–Trinajstić information content (AvgIpc) is 3.41. The second-order valence-corrected chi connectivity index (χ2v) is 11.3. The molecule has 3 aliphatic rings. The smallest absolute Gasteiger partial charge is 0.392 e. The minimum atomic E-state index is -4.50. The quantitative estimate of drug-likeness (QED) is 0.458. The molecule has 2 N–H and O–H groups in total. The Bertz CT molecular complexity index is 1280. The molecule has 1 saturated carbocycles. The van der Waals surface area contributed by atoms with E-state index in [0.717, 1.165) is 25.9 Å². The third-order valence-corrected chi connectivity index (χ3v) is 8.90. The van der Waals surface area contributed by atoms with Crippen LogP contribution in [0.4, 0.5) is 13.2 Å². The third-order valence-electron chi connectivity index (χ3n) is 8.90. The van der Waals surface area contributed by atoms with E-state index >= 15 is 0 Å². The van der Waals surface area contributed by atoms with Crippen molar-refractivity contribution in [2.24, 2.45) is 0 Å². The molecule has 1 aliphatic heterocycles. The van der Waals surface area contributed by atoms with Crippen LogP contribution in [0.15, 0.2) is 42.7 Å². The number of imidazole rings is 1. The molecule has 2 aliphatic carbocycles. The normalized spacial score (nSPS) is 26.6. The van der Waals surface area contributed by atoms with Crippen molar-refractivity contribution >= 4 is 11.0 Å². The van der Waals surface area contributed by atoms with Gasteiger partial charge in [0.25, 0.3) is 0 Å². The molecule has 38 heavy (non-hydrogen) atoms. The van der Waals surface area contributed by atoms with Crippen molar-refractivity contribution in [1.29, 1.82) is 0 Å². The molecule has 5 nitrogen and oxygen atoms in total. The van der Waals surface area contributed by atoms with Gasteiger partial charge in [-0.25, -0.2) is 4.98 Å². The number of halogens is 3. The first-order valence-corrected chi connectivity index (χ1v) is 13.8. The van der Waals surface area contributed by atoms with Crippen molar-refractivity contribution < 1.29 is 23.4 Å². The number of fused-ring (bicyclic) bond motifs is 3. The molecule has 2 heterocycles. The molecule has 0 amide bonds. The molecule has 1 atom stereocenters. The van der Waals surface area contributed by atoms with Crippen LogP contribution in [-0.4, -0.2) is 56.0 Å². The second kappa shape index (κ2) is 9.96. The van der Waals surface area contributed by atoms with Crippen molar-refractivity contribution in [2.75, 3.05) is 19.6 Å². The van der Waals surface area contributed by atoms with Gasteiger partial charge in [-0.3, -0.25) is 0 Å². The summed E-state index contributed by atoms with van der Waals surface area (Å²) in [7, 11) is 0. The monoisotopic (exact) mass is 529 g/mol. The Morgan fingerprint density at radius 3 is 2.39 bits per heavy atom. The highest BCUT2D eigenvalue weighted by molar-refractivity contribution is 5.81. The standard InChI is InChI=1S/C28H32F3N3O2.C2H6/c1-26(36)15-20(16-26)34-17-32-22-7-6-18(24(25(22)34)28(29,30)31)8-11-33-12-9-27(10-13-33)21-5-3-2-4-19(21)14-23(27)35;1-2/h2-7,17,20,23,35-36H,8-16H2,1H3;1-2H3. The average molecular weight is 530 g/mol. The topological polar surface area (TPSA) is 61.5 Å². The van der Waals surface area contributed by atoms with Crippen LogP contribution in [0.2, 0.25) is 0 Å². The molecule has 1 unspecified atom stereocenters. The number of alkyl halides is 3. The zero-order chi connectivity index (χ0) is 27.3. The highest BCUT2D eigenvalue weighted by atomic mass is 19.4. The van der Waals surface area contributed by atoms with Crippen molar-refractivity contribution in [3.05, 3.63) is 65.0 Å². The largest absolute Gasteiger partial charge is 0.418 e. The van der Waals surface area contributed by atoms with Crippen LogP contribution in [0.25, 0.3) is 11.0 Å². The first-order valence-electron chi connectivity index (χ1n) is 13.8. The Morgan fingerprint density at radius 2 is 1.74 bits per heavy atom. The molecule has 1 saturated heterocycles. The van der Waals surface area contributed by atoms with E-state index in [9.17, 15) is 23.4 Å². The van der Waals surface area contributed by atoms with E-state index in [4.69, 9.17) is 0 Å². The Kier molecular flexibility index (Phi) is 7.12. The number of piperidine rings is 1. The van der Waals surface area contributed by atoms with Crippen molar-refractivity contribution in [3.63, 3.8) is 0 Å². The van der Waals surface area contributed by atoms with Gasteiger partial charge in [-0.2, -0.15) is 13.2 Å². The summed E-state index contributed by atoms with van der Waals surface area (Å²) in [6, 6.07) is 11.3. The molecular weight excluding hydrogens is 491 g/mol.